The van der Waals surface area contributed by atoms with Crippen molar-refractivity contribution in [3.8, 4) is 6.01 Å². The lowest BCUT2D eigenvalue weighted by atomic mass is 10.1. The molecule has 4 rings (SSSR count). The number of anilines is 1. The summed E-state index contributed by atoms with van der Waals surface area (Å²) in [7, 11) is 0. The summed E-state index contributed by atoms with van der Waals surface area (Å²) in [6.45, 7) is 7.35. The van der Waals surface area contributed by atoms with Crippen LogP contribution in [0.25, 0.3) is 0 Å². The van der Waals surface area contributed by atoms with E-state index in [1.165, 1.54) is 31.5 Å². The lowest BCUT2D eigenvalue weighted by Crippen LogP contribution is -2.26. The molecule has 29 heavy (non-hydrogen) atoms. The van der Waals surface area contributed by atoms with Crippen molar-refractivity contribution in [2.45, 2.75) is 39.3 Å². The maximum Gasteiger partial charge on any atom is 0.318 e. The predicted molar refractivity (Wildman–Crippen MR) is 110 cm³/mol. The summed E-state index contributed by atoms with van der Waals surface area (Å²) in [5.74, 6) is 0.694. The zero-order chi connectivity index (χ0) is 20.1. The van der Waals surface area contributed by atoms with Gasteiger partial charge in [-0.2, -0.15) is 4.98 Å². The summed E-state index contributed by atoms with van der Waals surface area (Å²) in [6, 6.07) is 8.83. The number of fused-ring (bicyclic) bond motifs is 1. The van der Waals surface area contributed by atoms with E-state index in [1.54, 1.807) is 11.1 Å². The molecule has 2 aliphatic rings. The number of carbonyl (C=O) groups is 1. The highest BCUT2D eigenvalue weighted by Crippen LogP contribution is 2.29. The topological polar surface area (TPSA) is 67.8 Å². The van der Waals surface area contributed by atoms with Crippen molar-refractivity contribution in [2.24, 2.45) is 0 Å². The molecule has 0 atom stereocenters. The molecule has 0 spiro atoms. The molecular weight excluding hydrogens is 368 g/mol. The fourth-order valence-corrected chi connectivity index (χ4v) is 3.82. The van der Waals surface area contributed by atoms with Gasteiger partial charge in [0.25, 0.3) is 0 Å². The second-order valence-electron chi connectivity index (χ2n) is 7.50. The smallest absolute Gasteiger partial charge is 0.318 e. The SMILES string of the molecule is CCOCCOc1ncc2c(n1)N(Cc1ccc(CN3CCCC3)cc1)C(=O)C2. The van der Waals surface area contributed by atoms with Crippen LogP contribution in [0.2, 0.25) is 0 Å². The van der Waals surface area contributed by atoms with Crippen molar-refractivity contribution < 1.29 is 14.3 Å². The van der Waals surface area contributed by atoms with E-state index in [9.17, 15) is 4.79 Å². The molecule has 3 heterocycles. The zero-order valence-electron chi connectivity index (χ0n) is 17.0. The first-order valence-corrected chi connectivity index (χ1v) is 10.4. The average molecular weight is 396 g/mol. The van der Waals surface area contributed by atoms with Crippen LogP contribution in [0.15, 0.2) is 30.5 Å². The molecule has 0 N–H and O–H groups in total. The van der Waals surface area contributed by atoms with Gasteiger partial charge in [0.1, 0.15) is 12.4 Å². The first kappa shape index (κ1) is 19.8. The van der Waals surface area contributed by atoms with Gasteiger partial charge in [0.05, 0.1) is 19.6 Å². The first-order valence-electron chi connectivity index (χ1n) is 10.4. The molecule has 0 unspecified atom stereocenters. The molecule has 0 saturated carbocycles. The molecule has 154 valence electrons. The average Bonchev–Trinajstić information content (AvgIpc) is 3.35. The minimum Gasteiger partial charge on any atom is -0.461 e. The maximum atomic E-state index is 12.5. The van der Waals surface area contributed by atoms with Crippen LogP contribution in [0, 0.1) is 0 Å². The summed E-state index contributed by atoms with van der Waals surface area (Å²) >= 11 is 0. The molecule has 7 nitrogen and oxygen atoms in total. The van der Waals surface area contributed by atoms with E-state index in [0.29, 0.717) is 38.6 Å². The van der Waals surface area contributed by atoms with Gasteiger partial charge >= 0.3 is 6.01 Å². The third-order valence-electron chi connectivity index (χ3n) is 5.35. The normalized spacial score (nSPS) is 16.4. The van der Waals surface area contributed by atoms with E-state index in [2.05, 4.69) is 39.1 Å². The summed E-state index contributed by atoms with van der Waals surface area (Å²) in [5.41, 5.74) is 3.25. The van der Waals surface area contributed by atoms with Crippen molar-refractivity contribution in [1.29, 1.82) is 0 Å². The Morgan fingerprint density at radius 3 is 2.48 bits per heavy atom. The Labute approximate surface area is 171 Å². The van der Waals surface area contributed by atoms with E-state index in [0.717, 1.165) is 17.7 Å². The van der Waals surface area contributed by atoms with E-state index < -0.39 is 0 Å². The fraction of sp³-hybridized carbons (Fsp3) is 0.500. The highest BCUT2D eigenvalue weighted by Gasteiger charge is 2.30. The number of rotatable bonds is 9. The van der Waals surface area contributed by atoms with Gasteiger partial charge in [0.15, 0.2) is 0 Å². The lowest BCUT2D eigenvalue weighted by Gasteiger charge is -2.18. The van der Waals surface area contributed by atoms with E-state index >= 15 is 0 Å². The van der Waals surface area contributed by atoms with Gasteiger partial charge in [0, 0.05) is 24.9 Å². The van der Waals surface area contributed by atoms with Gasteiger partial charge in [-0.1, -0.05) is 24.3 Å². The molecule has 1 aromatic carbocycles. The zero-order valence-corrected chi connectivity index (χ0v) is 17.0. The van der Waals surface area contributed by atoms with Crippen LogP contribution in [-0.2, 0) is 29.0 Å². The van der Waals surface area contributed by atoms with Crippen molar-refractivity contribution >= 4 is 11.7 Å². The Hall–Kier alpha value is -2.51. The van der Waals surface area contributed by atoms with Gasteiger partial charge in [-0.05, 0) is 44.0 Å². The molecule has 2 aromatic rings. The van der Waals surface area contributed by atoms with Crippen LogP contribution < -0.4 is 9.64 Å². The number of aromatic nitrogens is 2. The number of likely N-dealkylation sites (tertiary alicyclic amines) is 1. The van der Waals surface area contributed by atoms with Crippen LogP contribution in [0.4, 0.5) is 5.82 Å². The number of hydrogen-bond donors (Lipinski definition) is 0. The van der Waals surface area contributed by atoms with Crippen LogP contribution >= 0.6 is 0 Å². The molecule has 0 aliphatic carbocycles. The van der Waals surface area contributed by atoms with Gasteiger partial charge < -0.3 is 9.47 Å². The number of benzene rings is 1. The highest BCUT2D eigenvalue weighted by molar-refractivity contribution is 6.00. The van der Waals surface area contributed by atoms with Crippen molar-refractivity contribution in [2.75, 3.05) is 37.8 Å². The van der Waals surface area contributed by atoms with Crippen LogP contribution in [-0.4, -0.2) is 53.7 Å². The van der Waals surface area contributed by atoms with E-state index in [-0.39, 0.29) is 11.9 Å². The predicted octanol–water partition coefficient (Wildman–Crippen LogP) is 2.58. The Morgan fingerprint density at radius 2 is 1.76 bits per heavy atom. The Balaban J connectivity index is 1.40. The second-order valence-corrected chi connectivity index (χ2v) is 7.50. The number of ether oxygens (including phenoxy) is 2. The van der Waals surface area contributed by atoms with E-state index in [4.69, 9.17) is 9.47 Å². The highest BCUT2D eigenvalue weighted by atomic mass is 16.5. The third kappa shape index (κ3) is 4.92. The Bertz CT molecular complexity index is 834. The number of hydrogen-bond acceptors (Lipinski definition) is 6. The minimum atomic E-state index is 0.0434. The van der Waals surface area contributed by atoms with Crippen LogP contribution in [0.3, 0.4) is 0 Å². The summed E-state index contributed by atoms with van der Waals surface area (Å²) in [6.07, 6.45) is 4.62. The fourth-order valence-electron chi connectivity index (χ4n) is 3.82. The molecule has 1 aromatic heterocycles. The number of nitrogens with zero attached hydrogens (tertiary/aromatic N) is 4. The van der Waals surface area contributed by atoms with Gasteiger partial charge in [-0.25, -0.2) is 4.98 Å². The summed E-state index contributed by atoms with van der Waals surface area (Å²) in [5, 5.41) is 0. The molecular formula is C22H28N4O3. The van der Waals surface area contributed by atoms with Crippen molar-refractivity contribution in [1.82, 2.24) is 14.9 Å². The number of carbonyl (C=O) groups excluding carboxylic acids is 1. The van der Waals surface area contributed by atoms with Gasteiger partial charge in [0.2, 0.25) is 5.91 Å². The van der Waals surface area contributed by atoms with Crippen molar-refractivity contribution in [3.05, 3.63) is 47.2 Å². The Morgan fingerprint density at radius 1 is 1.03 bits per heavy atom. The Kier molecular flexibility index (Phi) is 6.36. The molecule has 1 fully saturated rings. The molecule has 1 amide bonds. The molecule has 0 radical (unpaired) electrons. The molecule has 0 bridgehead atoms. The van der Waals surface area contributed by atoms with Gasteiger partial charge in [-0.3, -0.25) is 14.6 Å². The lowest BCUT2D eigenvalue weighted by molar-refractivity contribution is -0.117. The monoisotopic (exact) mass is 396 g/mol. The van der Waals surface area contributed by atoms with Crippen LogP contribution in [0.1, 0.15) is 36.5 Å². The van der Waals surface area contributed by atoms with E-state index in [1.807, 2.05) is 6.92 Å². The largest absolute Gasteiger partial charge is 0.461 e. The molecule has 1 saturated heterocycles. The minimum absolute atomic E-state index is 0.0434. The quantitative estimate of drug-likeness (QED) is 0.607. The van der Waals surface area contributed by atoms with Crippen LogP contribution in [0.5, 0.6) is 6.01 Å². The summed E-state index contributed by atoms with van der Waals surface area (Å²) in [4.78, 5) is 25.4. The third-order valence-corrected chi connectivity index (χ3v) is 5.35. The first-order chi connectivity index (χ1) is 14.2. The maximum absolute atomic E-state index is 12.5. The molecule has 2 aliphatic heterocycles. The second kappa shape index (κ2) is 9.33. The van der Waals surface area contributed by atoms with Gasteiger partial charge in [-0.15, -0.1) is 0 Å². The standard InChI is InChI=1S/C22H28N4O3/c1-2-28-11-12-29-22-23-14-19-13-20(27)26(21(19)24-22)16-18-7-5-17(6-8-18)15-25-9-3-4-10-25/h5-8,14H,2-4,9-13,15-16H2,1H3. The van der Waals surface area contributed by atoms with Crippen molar-refractivity contribution in [3.63, 3.8) is 0 Å². The number of amides is 1. The summed E-state index contributed by atoms with van der Waals surface area (Å²) < 4.78 is 10.8. The molecule has 7 heteroatoms.